The van der Waals surface area contributed by atoms with Gasteiger partial charge in [0, 0.05) is 30.8 Å². The molecule has 1 aromatic carbocycles. The van der Waals surface area contributed by atoms with E-state index in [-0.39, 0.29) is 29.7 Å². The lowest BCUT2D eigenvalue weighted by atomic mass is 9.90. The van der Waals surface area contributed by atoms with E-state index in [4.69, 9.17) is 4.74 Å². The molecule has 3 amide bonds. The SMILES string of the molecule is CC(C)(C)OC(=O)N[C@H]1CSCC[C@H]2CC[C@@H](C(=O)N3C[C@@H](C#N)[C@H](c4ccccc4)C3)N2C1=O. The molecule has 1 N–H and O–H groups in total. The lowest BCUT2D eigenvalue weighted by molar-refractivity contribution is -0.145. The van der Waals surface area contributed by atoms with Crippen LogP contribution >= 0.6 is 11.8 Å². The third-order valence-electron chi connectivity index (χ3n) is 6.94. The Labute approximate surface area is 211 Å². The van der Waals surface area contributed by atoms with Crippen LogP contribution < -0.4 is 5.32 Å². The van der Waals surface area contributed by atoms with Crippen molar-refractivity contribution < 1.29 is 19.1 Å². The Morgan fingerprint density at radius 3 is 2.57 bits per heavy atom. The molecule has 5 atom stereocenters. The van der Waals surface area contributed by atoms with Gasteiger partial charge in [0.15, 0.2) is 0 Å². The zero-order valence-corrected chi connectivity index (χ0v) is 21.4. The van der Waals surface area contributed by atoms with Gasteiger partial charge in [-0.25, -0.2) is 4.79 Å². The first kappa shape index (κ1) is 25.4. The minimum Gasteiger partial charge on any atom is -0.444 e. The molecule has 35 heavy (non-hydrogen) atoms. The Morgan fingerprint density at radius 2 is 1.89 bits per heavy atom. The van der Waals surface area contributed by atoms with Crippen molar-refractivity contribution in [3.8, 4) is 6.07 Å². The van der Waals surface area contributed by atoms with Gasteiger partial charge in [-0.1, -0.05) is 30.3 Å². The summed E-state index contributed by atoms with van der Waals surface area (Å²) in [5, 5.41) is 12.5. The zero-order valence-electron chi connectivity index (χ0n) is 20.6. The Morgan fingerprint density at radius 1 is 1.14 bits per heavy atom. The van der Waals surface area contributed by atoms with E-state index < -0.39 is 23.8 Å². The summed E-state index contributed by atoms with van der Waals surface area (Å²) in [4.78, 5) is 43.2. The number of alkyl carbamates (subject to hydrolysis) is 1. The second-order valence-electron chi connectivity index (χ2n) is 10.6. The van der Waals surface area contributed by atoms with Gasteiger partial charge in [0.25, 0.3) is 0 Å². The standard InChI is InChI=1S/C26H34N4O4S/c1-26(2,3)34-25(33)28-21-16-35-12-11-19-9-10-22(30(19)23(21)31)24(32)29-14-18(13-27)20(15-29)17-7-5-4-6-8-17/h4-8,18-22H,9-12,14-16H2,1-3H3,(H,28,33)/t18-,19-,20+,21+,22+/m1/s1. The molecule has 4 rings (SSSR count). The molecule has 0 bridgehead atoms. The molecule has 8 nitrogen and oxygen atoms in total. The summed E-state index contributed by atoms with van der Waals surface area (Å²) in [6.07, 6.45) is 1.56. The van der Waals surface area contributed by atoms with E-state index in [1.807, 2.05) is 30.3 Å². The summed E-state index contributed by atoms with van der Waals surface area (Å²) >= 11 is 1.64. The highest BCUT2D eigenvalue weighted by Gasteiger charge is 2.47. The van der Waals surface area contributed by atoms with Crippen LogP contribution in [0.15, 0.2) is 30.3 Å². The van der Waals surface area contributed by atoms with Crippen LogP contribution in [-0.4, -0.2) is 76.0 Å². The maximum Gasteiger partial charge on any atom is 0.408 e. The molecule has 3 heterocycles. The van der Waals surface area contributed by atoms with Crippen molar-refractivity contribution in [1.82, 2.24) is 15.1 Å². The fourth-order valence-electron chi connectivity index (χ4n) is 5.33. The van der Waals surface area contributed by atoms with Crippen molar-refractivity contribution in [2.24, 2.45) is 5.92 Å². The number of ether oxygens (including phenoxy) is 1. The van der Waals surface area contributed by atoms with E-state index in [2.05, 4.69) is 11.4 Å². The summed E-state index contributed by atoms with van der Waals surface area (Å²) in [6, 6.07) is 10.9. The predicted octanol–water partition coefficient (Wildman–Crippen LogP) is 3.14. The Bertz CT molecular complexity index is 989. The maximum atomic E-state index is 13.7. The number of nitriles is 1. The van der Waals surface area contributed by atoms with Gasteiger partial charge in [0.05, 0.1) is 12.0 Å². The Kier molecular flexibility index (Phi) is 7.60. The number of carbonyl (C=O) groups excluding carboxylic acids is 3. The third-order valence-corrected chi connectivity index (χ3v) is 8.03. The average Bonchev–Trinajstić information content (AvgIpc) is 3.43. The van der Waals surface area contributed by atoms with E-state index >= 15 is 0 Å². The summed E-state index contributed by atoms with van der Waals surface area (Å²) in [5.74, 6) is 0.669. The predicted molar refractivity (Wildman–Crippen MR) is 134 cm³/mol. The molecule has 0 radical (unpaired) electrons. The van der Waals surface area contributed by atoms with Gasteiger partial charge in [0.1, 0.15) is 17.7 Å². The molecule has 0 unspecified atom stereocenters. The van der Waals surface area contributed by atoms with Crippen molar-refractivity contribution in [2.75, 3.05) is 24.6 Å². The highest BCUT2D eigenvalue weighted by molar-refractivity contribution is 7.99. The van der Waals surface area contributed by atoms with Crippen LogP contribution in [-0.2, 0) is 14.3 Å². The number of benzene rings is 1. The van der Waals surface area contributed by atoms with Gasteiger partial charge in [0.2, 0.25) is 11.8 Å². The highest BCUT2D eigenvalue weighted by Crippen LogP contribution is 2.36. The van der Waals surface area contributed by atoms with Crippen LogP contribution in [0.4, 0.5) is 4.79 Å². The number of hydrogen-bond acceptors (Lipinski definition) is 6. The van der Waals surface area contributed by atoms with Gasteiger partial charge in [-0.2, -0.15) is 17.0 Å². The number of likely N-dealkylation sites (tertiary alicyclic amines) is 1. The summed E-state index contributed by atoms with van der Waals surface area (Å²) < 4.78 is 5.37. The molecule has 0 aliphatic carbocycles. The smallest absolute Gasteiger partial charge is 0.408 e. The first-order valence-electron chi connectivity index (χ1n) is 12.3. The molecule has 3 saturated heterocycles. The van der Waals surface area contributed by atoms with Crippen LogP contribution in [0.1, 0.15) is 51.5 Å². The van der Waals surface area contributed by atoms with Crippen LogP contribution in [0.2, 0.25) is 0 Å². The number of rotatable bonds is 3. The fourth-order valence-corrected chi connectivity index (χ4v) is 6.40. The van der Waals surface area contributed by atoms with Crippen LogP contribution in [0.25, 0.3) is 0 Å². The van der Waals surface area contributed by atoms with Crippen LogP contribution in [0.5, 0.6) is 0 Å². The Hall–Kier alpha value is -2.73. The normalized spacial score (nSPS) is 29.1. The van der Waals surface area contributed by atoms with E-state index in [1.54, 1.807) is 42.3 Å². The first-order chi connectivity index (χ1) is 16.7. The molecule has 3 fully saturated rings. The van der Waals surface area contributed by atoms with Gasteiger partial charge in [-0.3, -0.25) is 9.59 Å². The first-order valence-corrected chi connectivity index (χ1v) is 13.5. The number of carbonyl (C=O) groups is 3. The van der Waals surface area contributed by atoms with Crippen molar-refractivity contribution in [1.29, 1.82) is 5.26 Å². The number of hydrogen-bond donors (Lipinski definition) is 1. The van der Waals surface area contributed by atoms with Crippen molar-refractivity contribution >= 4 is 29.7 Å². The van der Waals surface area contributed by atoms with E-state index in [9.17, 15) is 19.6 Å². The van der Waals surface area contributed by atoms with Crippen molar-refractivity contribution in [2.45, 2.75) is 69.7 Å². The quantitative estimate of drug-likeness (QED) is 0.687. The minimum atomic E-state index is -0.742. The number of nitrogens with zero attached hydrogens (tertiary/aromatic N) is 3. The molecule has 3 aliphatic rings. The van der Waals surface area contributed by atoms with Crippen molar-refractivity contribution in [3.05, 3.63) is 35.9 Å². The van der Waals surface area contributed by atoms with E-state index in [0.717, 1.165) is 24.2 Å². The largest absolute Gasteiger partial charge is 0.444 e. The van der Waals surface area contributed by atoms with Crippen LogP contribution in [0.3, 0.4) is 0 Å². The molecule has 0 aromatic heterocycles. The van der Waals surface area contributed by atoms with Gasteiger partial charge >= 0.3 is 6.09 Å². The third kappa shape index (κ3) is 5.75. The molecule has 9 heteroatoms. The lowest BCUT2D eigenvalue weighted by Gasteiger charge is -2.36. The number of amides is 3. The lowest BCUT2D eigenvalue weighted by Crippen LogP contribution is -2.58. The summed E-state index contributed by atoms with van der Waals surface area (Å²) in [6.45, 7) is 6.17. The van der Waals surface area contributed by atoms with Crippen molar-refractivity contribution in [3.63, 3.8) is 0 Å². The van der Waals surface area contributed by atoms with E-state index in [1.165, 1.54) is 0 Å². The average molecular weight is 499 g/mol. The topological polar surface area (TPSA) is 103 Å². The van der Waals surface area contributed by atoms with Gasteiger partial charge in [-0.15, -0.1) is 0 Å². The molecule has 188 valence electrons. The second-order valence-corrected chi connectivity index (χ2v) is 11.7. The van der Waals surface area contributed by atoms with Gasteiger partial charge < -0.3 is 19.9 Å². The van der Waals surface area contributed by atoms with E-state index in [0.29, 0.717) is 25.3 Å². The molecule has 0 spiro atoms. The fraction of sp³-hybridized carbons (Fsp3) is 0.615. The number of nitrogens with one attached hydrogen (secondary N) is 1. The molecule has 1 aromatic rings. The molecule has 3 aliphatic heterocycles. The second kappa shape index (κ2) is 10.5. The van der Waals surface area contributed by atoms with Gasteiger partial charge in [-0.05, 0) is 51.3 Å². The highest BCUT2D eigenvalue weighted by atomic mass is 32.2. The minimum absolute atomic E-state index is 0.0218. The molecular formula is C26H34N4O4S. The Balaban J connectivity index is 1.50. The summed E-state index contributed by atoms with van der Waals surface area (Å²) in [7, 11) is 0. The number of thioether (sulfide) groups is 1. The van der Waals surface area contributed by atoms with Crippen LogP contribution in [0, 0.1) is 17.2 Å². The number of fused-ring (bicyclic) bond motifs is 1. The molecule has 0 saturated carbocycles. The monoisotopic (exact) mass is 498 g/mol. The molecular weight excluding hydrogens is 464 g/mol. The maximum absolute atomic E-state index is 13.7. The summed E-state index contributed by atoms with van der Waals surface area (Å²) in [5.41, 5.74) is 0.387. The zero-order chi connectivity index (χ0) is 25.2.